The number of fused-ring (bicyclic) bond motifs is 1. The van der Waals surface area contributed by atoms with Crippen LogP contribution in [-0.4, -0.2) is 9.55 Å². The van der Waals surface area contributed by atoms with Gasteiger partial charge in [-0.2, -0.15) is 0 Å². The fourth-order valence-corrected chi connectivity index (χ4v) is 4.04. The number of hydrogen-bond donors (Lipinski definition) is 0. The molecule has 0 unspecified atom stereocenters. The summed E-state index contributed by atoms with van der Waals surface area (Å²) in [5.74, 6) is 1.39. The SMILES string of the molecule is CCc1ccsc1Cn1c(CCl)nc2cc(I)ccc21. The van der Waals surface area contributed by atoms with Crippen molar-refractivity contribution in [3.05, 3.63) is 49.5 Å². The van der Waals surface area contributed by atoms with E-state index in [1.807, 2.05) is 11.3 Å². The van der Waals surface area contributed by atoms with Gasteiger partial charge in [0.1, 0.15) is 5.82 Å². The molecule has 0 aliphatic heterocycles. The Morgan fingerprint density at radius 1 is 1.35 bits per heavy atom. The molecule has 5 heteroatoms. The summed E-state index contributed by atoms with van der Waals surface area (Å²) in [7, 11) is 0. The molecular formula is C15H14ClIN2S. The highest BCUT2D eigenvalue weighted by Gasteiger charge is 2.12. The van der Waals surface area contributed by atoms with Crippen LogP contribution in [0.5, 0.6) is 0 Å². The van der Waals surface area contributed by atoms with E-state index in [0.29, 0.717) is 5.88 Å². The fraction of sp³-hybridized carbons (Fsp3) is 0.267. The van der Waals surface area contributed by atoms with Crippen molar-refractivity contribution in [3.8, 4) is 0 Å². The molecule has 0 aliphatic carbocycles. The number of benzene rings is 1. The molecule has 104 valence electrons. The zero-order valence-electron chi connectivity index (χ0n) is 11.1. The number of rotatable bonds is 4. The Morgan fingerprint density at radius 3 is 2.95 bits per heavy atom. The highest BCUT2D eigenvalue weighted by atomic mass is 127. The fourth-order valence-electron chi connectivity index (χ4n) is 2.40. The molecule has 0 atom stereocenters. The lowest BCUT2D eigenvalue weighted by molar-refractivity contribution is 0.782. The zero-order valence-corrected chi connectivity index (χ0v) is 14.8. The second-order valence-corrected chi connectivity index (χ2v) is 7.12. The summed E-state index contributed by atoms with van der Waals surface area (Å²) in [6.07, 6.45) is 1.07. The Kier molecular flexibility index (Phi) is 4.33. The van der Waals surface area contributed by atoms with Crippen molar-refractivity contribution in [2.75, 3.05) is 0 Å². The van der Waals surface area contributed by atoms with Crippen molar-refractivity contribution >= 4 is 56.6 Å². The molecule has 2 nitrogen and oxygen atoms in total. The Balaban J connectivity index is 2.10. The minimum absolute atomic E-state index is 0.443. The third-order valence-electron chi connectivity index (χ3n) is 3.43. The monoisotopic (exact) mass is 416 g/mol. The Labute approximate surface area is 140 Å². The van der Waals surface area contributed by atoms with Crippen molar-refractivity contribution in [1.29, 1.82) is 0 Å². The van der Waals surface area contributed by atoms with Gasteiger partial charge in [0.15, 0.2) is 0 Å². The Bertz CT molecular complexity index is 747. The van der Waals surface area contributed by atoms with Gasteiger partial charge in [-0.1, -0.05) is 6.92 Å². The topological polar surface area (TPSA) is 17.8 Å². The summed E-state index contributed by atoms with van der Waals surface area (Å²) in [5, 5.41) is 2.16. The van der Waals surface area contributed by atoms with Gasteiger partial charge in [-0.05, 0) is 64.2 Å². The number of nitrogens with zero attached hydrogens (tertiary/aromatic N) is 2. The molecule has 1 aromatic carbocycles. The number of halogens is 2. The lowest BCUT2D eigenvalue weighted by Gasteiger charge is -2.08. The molecule has 2 aromatic heterocycles. The molecular weight excluding hydrogens is 403 g/mol. The highest BCUT2D eigenvalue weighted by molar-refractivity contribution is 14.1. The van der Waals surface area contributed by atoms with Crippen LogP contribution in [0.2, 0.25) is 0 Å². The number of imidazole rings is 1. The van der Waals surface area contributed by atoms with Gasteiger partial charge < -0.3 is 4.57 Å². The van der Waals surface area contributed by atoms with Gasteiger partial charge in [0.25, 0.3) is 0 Å². The number of thiophene rings is 1. The molecule has 2 heterocycles. The van der Waals surface area contributed by atoms with Crippen molar-refractivity contribution in [2.45, 2.75) is 25.8 Å². The number of alkyl halides is 1. The zero-order chi connectivity index (χ0) is 14.1. The molecule has 0 radical (unpaired) electrons. The summed E-state index contributed by atoms with van der Waals surface area (Å²) in [5.41, 5.74) is 3.61. The van der Waals surface area contributed by atoms with Crippen LogP contribution in [0.3, 0.4) is 0 Å². The summed E-state index contributed by atoms with van der Waals surface area (Å²) in [6.45, 7) is 3.06. The second-order valence-electron chi connectivity index (χ2n) is 4.60. The minimum Gasteiger partial charge on any atom is -0.322 e. The molecule has 0 saturated carbocycles. The van der Waals surface area contributed by atoms with Gasteiger partial charge in [-0.25, -0.2) is 4.98 Å². The highest BCUT2D eigenvalue weighted by Crippen LogP contribution is 2.25. The van der Waals surface area contributed by atoms with Gasteiger partial charge in [-0.3, -0.25) is 0 Å². The number of aryl methyl sites for hydroxylation is 1. The van der Waals surface area contributed by atoms with Gasteiger partial charge in [0.2, 0.25) is 0 Å². The molecule has 20 heavy (non-hydrogen) atoms. The van der Waals surface area contributed by atoms with Crippen molar-refractivity contribution < 1.29 is 0 Å². The van der Waals surface area contributed by atoms with E-state index in [9.17, 15) is 0 Å². The van der Waals surface area contributed by atoms with E-state index in [4.69, 9.17) is 11.6 Å². The molecule has 0 bridgehead atoms. The summed E-state index contributed by atoms with van der Waals surface area (Å²) >= 11 is 10.2. The van der Waals surface area contributed by atoms with Crippen LogP contribution >= 0.6 is 45.5 Å². The van der Waals surface area contributed by atoms with Crippen LogP contribution in [0.15, 0.2) is 29.6 Å². The van der Waals surface area contributed by atoms with Gasteiger partial charge in [-0.15, -0.1) is 22.9 Å². The maximum atomic E-state index is 6.08. The van der Waals surface area contributed by atoms with Crippen LogP contribution in [0.1, 0.15) is 23.2 Å². The first kappa shape index (κ1) is 14.4. The van der Waals surface area contributed by atoms with Gasteiger partial charge in [0, 0.05) is 8.45 Å². The standard InChI is InChI=1S/C15H14ClIN2S/c1-2-10-5-6-20-14(10)9-19-13-4-3-11(17)7-12(13)18-15(19)8-16/h3-7H,2,8-9H2,1H3. The van der Waals surface area contributed by atoms with Crippen LogP contribution in [-0.2, 0) is 18.8 Å². The average molecular weight is 417 g/mol. The van der Waals surface area contributed by atoms with E-state index in [0.717, 1.165) is 29.8 Å². The van der Waals surface area contributed by atoms with Gasteiger partial charge in [0.05, 0.1) is 23.5 Å². The first-order chi connectivity index (χ1) is 9.72. The van der Waals surface area contributed by atoms with E-state index in [-0.39, 0.29) is 0 Å². The van der Waals surface area contributed by atoms with Crippen LogP contribution in [0.25, 0.3) is 11.0 Å². The Hall–Kier alpha value is -0.590. The molecule has 0 amide bonds. The number of aromatic nitrogens is 2. The van der Waals surface area contributed by atoms with Crippen LogP contribution in [0.4, 0.5) is 0 Å². The summed E-state index contributed by atoms with van der Waals surface area (Å²) in [6, 6.07) is 8.58. The van der Waals surface area contributed by atoms with Crippen molar-refractivity contribution in [3.63, 3.8) is 0 Å². The first-order valence-electron chi connectivity index (χ1n) is 6.48. The normalized spacial score (nSPS) is 11.3. The van der Waals surface area contributed by atoms with Crippen molar-refractivity contribution in [1.82, 2.24) is 9.55 Å². The number of hydrogen-bond acceptors (Lipinski definition) is 2. The lowest BCUT2D eigenvalue weighted by atomic mass is 10.2. The second kappa shape index (κ2) is 6.03. The third kappa shape index (κ3) is 2.61. The van der Waals surface area contributed by atoms with Crippen molar-refractivity contribution in [2.24, 2.45) is 0 Å². The predicted molar refractivity (Wildman–Crippen MR) is 94.8 cm³/mol. The van der Waals surface area contributed by atoms with Crippen LogP contribution in [0, 0.1) is 3.57 Å². The van der Waals surface area contributed by atoms with E-state index >= 15 is 0 Å². The third-order valence-corrected chi connectivity index (χ3v) is 5.29. The summed E-state index contributed by atoms with van der Waals surface area (Å²) < 4.78 is 3.44. The maximum absolute atomic E-state index is 6.08. The summed E-state index contributed by atoms with van der Waals surface area (Å²) in [4.78, 5) is 6.06. The molecule has 0 aliphatic rings. The minimum atomic E-state index is 0.443. The molecule has 0 N–H and O–H groups in total. The predicted octanol–water partition coefficient (Wildman–Crippen LogP) is 5.05. The molecule has 3 rings (SSSR count). The van der Waals surface area contributed by atoms with E-state index in [2.05, 4.69) is 68.7 Å². The maximum Gasteiger partial charge on any atom is 0.125 e. The quantitative estimate of drug-likeness (QED) is 0.430. The molecule has 3 aromatic rings. The smallest absolute Gasteiger partial charge is 0.125 e. The molecule has 0 spiro atoms. The molecule has 0 saturated heterocycles. The Morgan fingerprint density at radius 2 is 2.20 bits per heavy atom. The van der Waals surface area contributed by atoms with Crippen LogP contribution < -0.4 is 0 Å². The first-order valence-corrected chi connectivity index (χ1v) is 8.98. The average Bonchev–Trinajstić information content (AvgIpc) is 3.03. The van der Waals surface area contributed by atoms with E-state index in [1.165, 1.54) is 14.0 Å². The van der Waals surface area contributed by atoms with E-state index < -0.39 is 0 Å². The lowest BCUT2D eigenvalue weighted by Crippen LogP contribution is -2.04. The molecule has 0 fully saturated rings. The van der Waals surface area contributed by atoms with E-state index in [1.54, 1.807) is 0 Å². The van der Waals surface area contributed by atoms with Gasteiger partial charge >= 0.3 is 0 Å². The largest absolute Gasteiger partial charge is 0.322 e.